The largest absolute Gasteiger partial charge is 0.299 e. The molecule has 0 heterocycles. The van der Waals surface area contributed by atoms with Crippen molar-refractivity contribution in [2.75, 3.05) is 0 Å². The number of carbonyl (C=O) groups excluding carboxylic acids is 2. The number of ketones is 2. The van der Waals surface area contributed by atoms with Gasteiger partial charge in [-0.1, -0.05) is 20.8 Å². The molecule has 1 aliphatic rings. The maximum atomic E-state index is 12.9. The third-order valence-corrected chi connectivity index (χ3v) is 4.59. The average molecular weight is 290 g/mol. The summed E-state index contributed by atoms with van der Waals surface area (Å²) in [6.07, 6.45) is 2.53. The van der Waals surface area contributed by atoms with E-state index in [9.17, 15) is 14.0 Å². The van der Waals surface area contributed by atoms with Crippen molar-refractivity contribution in [2.45, 2.75) is 46.5 Å². The van der Waals surface area contributed by atoms with Gasteiger partial charge in [-0.3, -0.25) is 9.59 Å². The number of hydrogen-bond acceptors (Lipinski definition) is 2. The molecule has 114 valence electrons. The van der Waals surface area contributed by atoms with Crippen LogP contribution >= 0.6 is 0 Å². The molecule has 2 atom stereocenters. The number of hydrogen-bond donors (Lipinski definition) is 0. The topological polar surface area (TPSA) is 34.1 Å². The molecular formula is C18H23FO2. The highest BCUT2D eigenvalue weighted by molar-refractivity contribution is 5.99. The predicted octanol–water partition coefficient (Wildman–Crippen LogP) is 4.43. The minimum Gasteiger partial charge on any atom is -0.299 e. The molecule has 0 N–H and O–H groups in total. The molecule has 0 aromatic heterocycles. The van der Waals surface area contributed by atoms with Crippen LogP contribution in [0.4, 0.5) is 4.39 Å². The third-order valence-electron chi connectivity index (χ3n) is 4.59. The first-order valence-electron chi connectivity index (χ1n) is 7.59. The number of Topliss-reactive ketones (excluding diaryl/α,β-unsaturated/α-hetero) is 2. The molecular weight excluding hydrogens is 267 g/mol. The molecule has 1 aromatic rings. The van der Waals surface area contributed by atoms with Crippen molar-refractivity contribution >= 4 is 11.6 Å². The summed E-state index contributed by atoms with van der Waals surface area (Å²) in [4.78, 5) is 24.3. The standard InChI is InChI=1S/C18H23FO2/c1-18(2,3)14-6-9-16(20)13(10-14)11-17(21)12-4-7-15(19)8-5-12/h4-5,7-8,13-14H,6,9-11H2,1-3H3/t13-,14-/m0/s1. The van der Waals surface area contributed by atoms with Crippen molar-refractivity contribution in [3.05, 3.63) is 35.6 Å². The van der Waals surface area contributed by atoms with E-state index >= 15 is 0 Å². The molecule has 1 saturated carbocycles. The van der Waals surface area contributed by atoms with E-state index in [-0.39, 0.29) is 35.1 Å². The van der Waals surface area contributed by atoms with Crippen molar-refractivity contribution in [1.29, 1.82) is 0 Å². The molecule has 1 fully saturated rings. The van der Waals surface area contributed by atoms with Gasteiger partial charge in [-0.05, 0) is 48.4 Å². The fourth-order valence-corrected chi connectivity index (χ4v) is 3.07. The molecule has 0 unspecified atom stereocenters. The normalized spacial score (nSPS) is 23.1. The summed E-state index contributed by atoms with van der Waals surface area (Å²) in [5.74, 6) is 0.0729. The van der Waals surface area contributed by atoms with Crippen LogP contribution in [0.15, 0.2) is 24.3 Å². The Balaban J connectivity index is 2.05. The van der Waals surface area contributed by atoms with Gasteiger partial charge in [0.1, 0.15) is 11.6 Å². The van der Waals surface area contributed by atoms with Crippen LogP contribution < -0.4 is 0 Å². The number of halogens is 1. The Morgan fingerprint density at radius 3 is 2.43 bits per heavy atom. The Kier molecular flexibility index (Phi) is 4.60. The average Bonchev–Trinajstić information content (AvgIpc) is 2.40. The van der Waals surface area contributed by atoms with Gasteiger partial charge in [-0.15, -0.1) is 0 Å². The lowest BCUT2D eigenvalue weighted by atomic mass is 9.67. The summed E-state index contributed by atoms with van der Waals surface area (Å²) in [5.41, 5.74) is 0.653. The quantitative estimate of drug-likeness (QED) is 0.772. The monoisotopic (exact) mass is 290 g/mol. The molecule has 0 radical (unpaired) electrons. The summed E-state index contributed by atoms with van der Waals surface area (Å²) >= 11 is 0. The lowest BCUT2D eigenvalue weighted by Crippen LogP contribution is -2.33. The Bertz CT molecular complexity index is 525. The van der Waals surface area contributed by atoms with Gasteiger partial charge < -0.3 is 0 Å². The van der Waals surface area contributed by atoms with Gasteiger partial charge in [0, 0.05) is 24.3 Å². The van der Waals surface area contributed by atoms with E-state index in [0.29, 0.717) is 17.9 Å². The minimum absolute atomic E-state index is 0.0668. The Morgan fingerprint density at radius 2 is 1.86 bits per heavy atom. The fraction of sp³-hybridized carbons (Fsp3) is 0.556. The van der Waals surface area contributed by atoms with Crippen LogP contribution in [0.2, 0.25) is 0 Å². The van der Waals surface area contributed by atoms with E-state index in [0.717, 1.165) is 12.8 Å². The third kappa shape index (κ3) is 3.99. The zero-order valence-electron chi connectivity index (χ0n) is 13.0. The van der Waals surface area contributed by atoms with Crippen molar-refractivity contribution in [2.24, 2.45) is 17.3 Å². The van der Waals surface area contributed by atoms with Crippen LogP contribution in [0.25, 0.3) is 0 Å². The zero-order chi connectivity index (χ0) is 15.6. The van der Waals surface area contributed by atoms with Crippen LogP contribution in [0.5, 0.6) is 0 Å². The van der Waals surface area contributed by atoms with Crippen LogP contribution in [0.3, 0.4) is 0 Å². The van der Waals surface area contributed by atoms with Crippen molar-refractivity contribution in [3.63, 3.8) is 0 Å². The van der Waals surface area contributed by atoms with Gasteiger partial charge in [0.25, 0.3) is 0 Å². The lowest BCUT2D eigenvalue weighted by Gasteiger charge is -2.36. The van der Waals surface area contributed by atoms with Crippen molar-refractivity contribution < 1.29 is 14.0 Å². The van der Waals surface area contributed by atoms with Gasteiger partial charge in [0.05, 0.1) is 0 Å². The number of rotatable bonds is 3. The van der Waals surface area contributed by atoms with E-state index in [1.807, 2.05) is 0 Å². The summed E-state index contributed by atoms with van der Waals surface area (Å²) in [6, 6.07) is 5.56. The second-order valence-corrected chi connectivity index (χ2v) is 7.13. The smallest absolute Gasteiger partial charge is 0.163 e. The molecule has 0 bridgehead atoms. The highest BCUT2D eigenvalue weighted by Gasteiger charge is 2.35. The van der Waals surface area contributed by atoms with Gasteiger partial charge in [0.15, 0.2) is 5.78 Å². The summed E-state index contributed by atoms with van der Waals surface area (Å²) in [6.45, 7) is 6.56. The van der Waals surface area contributed by atoms with Crippen LogP contribution in [-0.4, -0.2) is 11.6 Å². The highest BCUT2D eigenvalue weighted by Crippen LogP contribution is 2.40. The number of carbonyl (C=O) groups is 2. The van der Waals surface area contributed by atoms with E-state index < -0.39 is 0 Å². The first-order chi connectivity index (χ1) is 9.77. The fourth-order valence-electron chi connectivity index (χ4n) is 3.07. The molecule has 1 aromatic carbocycles. The first-order valence-corrected chi connectivity index (χ1v) is 7.59. The molecule has 2 nitrogen and oxygen atoms in total. The summed E-state index contributed by atoms with van der Waals surface area (Å²) < 4.78 is 12.9. The van der Waals surface area contributed by atoms with E-state index in [1.165, 1.54) is 24.3 Å². The van der Waals surface area contributed by atoms with Crippen LogP contribution in [0, 0.1) is 23.1 Å². The van der Waals surface area contributed by atoms with E-state index in [2.05, 4.69) is 20.8 Å². The second kappa shape index (κ2) is 6.08. The molecule has 0 amide bonds. The summed E-state index contributed by atoms with van der Waals surface area (Å²) in [7, 11) is 0. The van der Waals surface area contributed by atoms with Crippen LogP contribution in [-0.2, 0) is 4.79 Å². The maximum absolute atomic E-state index is 12.9. The summed E-state index contributed by atoms with van der Waals surface area (Å²) in [5, 5.41) is 0. The Labute approximate surface area is 125 Å². The lowest BCUT2D eigenvalue weighted by molar-refractivity contribution is -0.126. The second-order valence-electron chi connectivity index (χ2n) is 7.13. The van der Waals surface area contributed by atoms with Gasteiger partial charge >= 0.3 is 0 Å². The van der Waals surface area contributed by atoms with Gasteiger partial charge in [-0.25, -0.2) is 4.39 Å². The maximum Gasteiger partial charge on any atom is 0.163 e. The SMILES string of the molecule is CC(C)(C)[C@H]1CCC(=O)[C@H](CC(=O)c2ccc(F)cc2)C1. The van der Waals surface area contributed by atoms with Gasteiger partial charge in [0.2, 0.25) is 0 Å². The van der Waals surface area contributed by atoms with E-state index in [4.69, 9.17) is 0 Å². The zero-order valence-corrected chi connectivity index (χ0v) is 13.0. The first kappa shape index (κ1) is 15.9. The minimum atomic E-state index is -0.354. The Hall–Kier alpha value is -1.51. The molecule has 1 aliphatic carbocycles. The molecule has 0 saturated heterocycles. The molecule has 3 heteroatoms. The molecule has 0 aliphatic heterocycles. The van der Waals surface area contributed by atoms with Gasteiger partial charge in [-0.2, -0.15) is 0 Å². The molecule has 2 rings (SSSR count). The predicted molar refractivity (Wildman–Crippen MR) is 80.6 cm³/mol. The molecule has 21 heavy (non-hydrogen) atoms. The Morgan fingerprint density at radius 1 is 1.24 bits per heavy atom. The molecule has 0 spiro atoms. The van der Waals surface area contributed by atoms with Crippen LogP contribution in [0.1, 0.15) is 56.8 Å². The van der Waals surface area contributed by atoms with E-state index in [1.54, 1.807) is 0 Å². The van der Waals surface area contributed by atoms with Crippen molar-refractivity contribution in [1.82, 2.24) is 0 Å². The highest BCUT2D eigenvalue weighted by atomic mass is 19.1. The van der Waals surface area contributed by atoms with Crippen molar-refractivity contribution in [3.8, 4) is 0 Å². The number of benzene rings is 1.